The minimum absolute atomic E-state index is 0.267. The van der Waals surface area contributed by atoms with E-state index in [1.54, 1.807) is 18.2 Å². The normalized spacial score (nSPS) is 12.7. The number of ether oxygens (including phenoxy) is 1. The lowest BCUT2D eigenvalue weighted by Crippen LogP contribution is -2.42. The van der Waals surface area contributed by atoms with E-state index in [-0.39, 0.29) is 18.3 Å². The topological polar surface area (TPSA) is 38.3 Å². The molecule has 0 aromatic heterocycles. The lowest BCUT2D eigenvalue weighted by Gasteiger charge is -2.25. The van der Waals surface area contributed by atoms with Crippen molar-refractivity contribution in [3.63, 3.8) is 0 Å². The molecule has 0 radical (unpaired) electrons. The average molecular weight is 329 g/mol. The van der Waals surface area contributed by atoms with Crippen molar-refractivity contribution < 1.29 is 13.9 Å². The van der Waals surface area contributed by atoms with Gasteiger partial charge in [0.05, 0.1) is 0 Å². The molecule has 0 bridgehead atoms. The van der Waals surface area contributed by atoms with Crippen molar-refractivity contribution in [3.05, 3.63) is 71.5 Å². The minimum Gasteiger partial charge on any atom is -0.459 e. The quantitative estimate of drug-likeness (QED) is 0.818. The Morgan fingerprint density at radius 2 is 1.71 bits per heavy atom. The van der Waals surface area contributed by atoms with Crippen molar-refractivity contribution in [3.8, 4) is 0 Å². The van der Waals surface area contributed by atoms with E-state index in [2.05, 4.69) is 5.32 Å². The smallest absolute Gasteiger partial charge is 0.324 e. The molecule has 0 aliphatic heterocycles. The number of rotatable bonds is 6. The van der Waals surface area contributed by atoms with Gasteiger partial charge in [0.25, 0.3) is 0 Å². The lowest BCUT2D eigenvalue weighted by atomic mass is 10.0. The van der Waals surface area contributed by atoms with Crippen molar-refractivity contribution >= 4 is 5.97 Å². The van der Waals surface area contributed by atoms with Crippen molar-refractivity contribution in [1.29, 1.82) is 0 Å². The Balaban J connectivity index is 2.10. The summed E-state index contributed by atoms with van der Waals surface area (Å²) in [5.41, 5.74) is 0.986. The number of benzene rings is 2. The second-order valence-corrected chi connectivity index (χ2v) is 6.75. The molecule has 0 saturated heterocycles. The van der Waals surface area contributed by atoms with E-state index in [0.717, 1.165) is 5.56 Å². The van der Waals surface area contributed by atoms with Gasteiger partial charge in [-0.15, -0.1) is 0 Å². The van der Waals surface area contributed by atoms with Crippen LogP contribution in [0.1, 0.15) is 31.9 Å². The summed E-state index contributed by atoms with van der Waals surface area (Å²) in [5, 5.41) is 3.13. The van der Waals surface area contributed by atoms with Gasteiger partial charge in [-0.2, -0.15) is 0 Å². The Labute approximate surface area is 142 Å². The molecular weight excluding hydrogens is 305 g/mol. The Morgan fingerprint density at radius 1 is 1.08 bits per heavy atom. The number of halogens is 1. The fourth-order valence-corrected chi connectivity index (χ4v) is 2.34. The van der Waals surface area contributed by atoms with Crippen molar-refractivity contribution in [2.45, 2.75) is 45.4 Å². The van der Waals surface area contributed by atoms with Gasteiger partial charge in [-0.05, 0) is 38.8 Å². The Kier molecular flexibility index (Phi) is 6.10. The maximum absolute atomic E-state index is 13.8. The van der Waals surface area contributed by atoms with E-state index >= 15 is 0 Å². The van der Waals surface area contributed by atoms with Crippen LogP contribution in [-0.2, 0) is 22.5 Å². The molecule has 0 heterocycles. The van der Waals surface area contributed by atoms with Crippen LogP contribution < -0.4 is 5.32 Å². The van der Waals surface area contributed by atoms with Crippen LogP contribution in [0.5, 0.6) is 0 Å². The highest BCUT2D eigenvalue weighted by Gasteiger charge is 2.25. The molecule has 0 spiro atoms. The van der Waals surface area contributed by atoms with Crippen molar-refractivity contribution in [2.24, 2.45) is 0 Å². The number of esters is 1. The van der Waals surface area contributed by atoms with Crippen LogP contribution in [0.25, 0.3) is 0 Å². The average Bonchev–Trinajstić information content (AvgIpc) is 2.52. The summed E-state index contributed by atoms with van der Waals surface area (Å²) in [6, 6.07) is 15.7. The molecule has 24 heavy (non-hydrogen) atoms. The van der Waals surface area contributed by atoms with E-state index in [1.165, 1.54) is 6.07 Å². The third-order valence-corrected chi connectivity index (χ3v) is 3.47. The molecule has 0 saturated carbocycles. The molecule has 1 N–H and O–H groups in total. The monoisotopic (exact) mass is 329 g/mol. The lowest BCUT2D eigenvalue weighted by molar-refractivity contribution is -0.157. The predicted molar refractivity (Wildman–Crippen MR) is 93.0 cm³/mol. The third kappa shape index (κ3) is 5.78. The molecule has 4 heteroatoms. The van der Waals surface area contributed by atoms with Gasteiger partial charge in [0.15, 0.2) is 0 Å². The van der Waals surface area contributed by atoms with Gasteiger partial charge in [0.2, 0.25) is 0 Å². The van der Waals surface area contributed by atoms with Crippen LogP contribution >= 0.6 is 0 Å². The number of hydrogen-bond acceptors (Lipinski definition) is 3. The standard InChI is InChI=1S/C20H24FNO2/c1-20(2,3)24-19(23)18(13-15-9-5-4-6-10-15)22-14-16-11-7-8-12-17(16)21/h4-12,18,22H,13-14H2,1-3H3/t18-/m0/s1. The van der Waals surface area contributed by atoms with Gasteiger partial charge in [-0.1, -0.05) is 48.5 Å². The fourth-order valence-electron chi connectivity index (χ4n) is 2.34. The van der Waals surface area contributed by atoms with Crippen molar-refractivity contribution in [1.82, 2.24) is 5.32 Å². The second-order valence-electron chi connectivity index (χ2n) is 6.75. The number of carbonyl (C=O) groups excluding carboxylic acids is 1. The summed E-state index contributed by atoms with van der Waals surface area (Å²) in [7, 11) is 0. The summed E-state index contributed by atoms with van der Waals surface area (Å²) in [6.07, 6.45) is 0.490. The summed E-state index contributed by atoms with van der Waals surface area (Å²) < 4.78 is 19.3. The van der Waals surface area contributed by atoms with Crippen LogP contribution in [0.4, 0.5) is 4.39 Å². The van der Waals surface area contributed by atoms with Gasteiger partial charge in [0, 0.05) is 12.1 Å². The largest absolute Gasteiger partial charge is 0.459 e. The predicted octanol–water partition coefficient (Wildman–Crippen LogP) is 3.87. The highest BCUT2D eigenvalue weighted by Crippen LogP contribution is 2.13. The van der Waals surface area contributed by atoms with Gasteiger partial charge in [0.1, 0.15) is 17.5 Å². The Hall–Kier alpha value is -2.20. The van der Waals surface area contributed by atoms with E-state index in [0.29, 0.717) is 12.0 Å². The van der Waals surface area contributed by atoms with E-state index < -0.39 is 11.6 Å². The summed E-state index contributed by atoms with van der Waals surface area (Å²) >= 11 is 0. The fraction of sp³-hybridized carbons (Fsp3) is 0.350. The first kappa shape index (κ1) is 18.1. The second kappa shape index (κ2) is 8.06. The molecule has 0 fully saturated rings. The molecule has 2 aromatic carbocycles. The first-order chi connectivity index (χ1) is 11.3. The van der Waals surface area contributed by atoms with Gasteiger partial charge in [-0.25, -0.2) is 4.39 Å². The Morgan fingerprint density at radius 3 is 2.33 bits per heavy atom. The molecule has 1 atom stereocenters. The third-order valence-electron chi connectivity index (χ3n) is 3.47. The van der Waals surface area contributed by atoms with E-state index in [4.69, 9.17) is 4.74 Å². The first-order valence-corrected chi connectivity index (χ1v) is 8.09. The van der Waals surface area contributed by atoms with Gasteiger partial charge >= 0.3 is 5.97 Å². The number of hydrogen-bond donors (Lipinski definition) is 1. The molecule has 2 rings (SSSR count). The number of nitrogens with one attached hydrogen (secondary N) is 1. The maximum atomic E-state index is 13.8. The number of carbonyl (C=O) groups is 1. The SMILES string of the molecule is CC(C)(C)OC(=O)[C@H](Cc1ccccc1)NCc1ccccc1F. The zero-order valence-electron chi connectivity index (χ0n) is 14.4. The zero-order valence-corrected chi connectivity index (χ0v) is 14.4. The van der Waals surface area contributed by atoms with E-state index in [1.807, 2.05) is 51.1 Å². The molecule has 128 valence electrons. The van der Waals surface area contributed by atoms with Gasteiger partial charge < -0.3 is 4.74 Å². The van der Waals surface area contributed by atoms with E-state index in [9.17, 15) is 9.18 Å². The van der Waals surface area contributed by atoms with Crippen LogP contribution in [0, 0.1) is 5.82 Å². The molecule has 0 aliphatic rings. The van der Waals surface area contributed by atoms with Gasteiger partial charge in [-0.3, -0.25) is 10.1 Å². The highest BCUT2D eigenvalue weighted by atomic mass is 19.1. The summed E-state index contributed by atoms with van der Waals surface area (Å²) in [5.74, 6) is -0.615. The Bertz CT molecular complexity index is 665. The van der Waals surface area contributed by atoms with Crippen LogP contribution in [-0.4, -0.2) is 17.6 Å². The molecule has 3 nitrogen and oxygen atoms in total. The molecule has 0 amide bonds. The van der Waals surface area contributed by atoms with Crippen LogP contribution in [0.3, 0.4) is 0 Å². The molecule has 0 unspecified atom stereocenters. The molecule has 0 aliphatic carbocycles. The molecule has 2 aromatic rings. The van der Waals surface area contributed by atoms with Crippen LogP contribution in [0.15, 0.2) is 54.6 Å². The molecular formula is C20H24FNO2. The zero-order chi connectivity index (χ0) is 17.6. The summed E-state index contributed by atoms with van der Waals surface area (Å²) in [6.45, 7) is 5.77. The van der Waals surface area contributed by atoms with Crippen molar-refractivity contribution in [2.75, 3.05) is 0 Å². The minimum atomic E-state index is -0.564. The highest BCUT2D eigenvalue weighted by molar-refractivity contribution is 5.76. The van der Waals surface area contributed by atoms with Crippen LogP contribution in [0.2, 0.25) is 0 Å². The summed E-state index contributed by atoms with van der Waals surface area (Å²) in [4.78, 5) is 12.5. The first-order valence-electron chi connectivity index (χ1n) is 8.09. The maximum Gasteiger partial charge on any atom is 0.324 e.